The van der Waals surface area contributed by atoms with Crippen LogP contribution in [0.2, 0.25) is 0 Å². The number of benzene rings is 1. The molecule has 0 radical (unpaired) electrons. The number of aryl methyl sites for hydroxylation is 1. The maximum atomic E-state index is 11.2. The van der Waals surface area contributed by atoms with Crippen LogP contribution in [0.5, 0.6) is 0 Å². The Morgan fingerprint density at radius 3 is 2.54 bits per heavy atom. The molecule has 0 aliphatic rings. The molecule has 4 heteroatoms. The Labute approximate surface area is 81.7 Å². The number of hydrogen-bond donors (Lipinski definition) is 2. The monoisotopic (exact) mass is 198 g/mol. The number of nitrogen functional groups attached to an aromatic ring is 2. The van der Waals surface area contributed by atoms with Crippen LogP contribution in [0.3, 0.4) is 0 Å². The van der Waals surface area contributed by atoms with Crippen LogP contribution in [0.25, 0.3) is 0 Å². The SMILES string of the molecule is Cc1cc(C(=O)CCl)cc(N)c1N. The second-order valence-electron chi connectivity index (χ2n) is 2.85. The Balaban J connectivity index is 3.20. The van der Waals surface area contributed by atoms with Crippen molar-refractivity contribution in [1.82, 2.24) is 0 Å². The van der Waals surface area contributed by atoms with Crippen LogP contribution in [-0.2, 0) is 0 Å². The van der Waals surface area contributed by atoms with Crippen LogP contribution in [0.15, 0.2) is 12.1 Å². The van der Waals surface area contributed by atoms with Crippen molar-refractivity contribution < 1.29 is 4.79 Å². The Morgan fingerprint density at radius 1 is 1.46 bits per heavy atom. The second-order valence-corrected chi connectivity index (χ2v) is 3.12. The Bertz CT molecular complexity index is 326. The molecule has 0 unspecified atom stereocenters. The molecular weight excluding hydrogens is 188 g/mol. The number of carbonyl (C=O) groups is 1. The van der Waals surface area contributed by atoms with Gasteiger partial charge in [0.15, 0.2) is 5.78 Å². The van der Waals surface area contributed by atoms with E-state index < -0.39 is 0 Å². The van der Waals surface area contributed by atoms with E-state index in [1.54, 1.807) is 19.1 Å². The summed E-state index contributed by atoms with van der Waals surface area (Å²) in [6, 6.07) is 3.24. The van der Waals surface area contributed by atoms with Gasteiger partial charge >= 0.3 is 0 Å². The lowest BCUT2D eigenvalue weighted by Crippen LogP contribution is -2.05. The summed E-state index contributed by atoms with van der Waals surface area (Å²) >= 11 is 5.41. The minimum absolute atomic E-state index is 0.0389. The summed E-state index contributed by atoms with van der Waals surface area (Å²) in [4.78, 5) is 11.2. The molecule has 0 bridgehead atoms. The smallest absolute Gasteiger partial charge is 0.177 e. The van der Waals surface area contributed by atoms with Crippen LogP contribution >= 0.6 is 11.6 Å². The van der Waals surface area contributed by atoms with Crippen molar-refractivity contribution in [3.05, 3.63) is 23.3 Å². The lowest BCUT2D eigenvalue weighted by molar-refractivity contribution is 0.102. The maximum Gasteiger partial charge on any atom is 0.177 e. The third kappa shape index (κ3) is 1.92. The summed E-state index contributed by atoms with van der Waals surface area (Å²) in [5, 5.41) is 0. The fraction of sp³-hybridized carbons (Fsp3) is 0.222. The number of hydrogen-bond acceptors (Lipinski definition) is 3. The average molecular weight is 199 g/mol. The predicted molar refractivity (Wildman–Crippen MR) is 55.1 cm³/mol. The zero-order valence-electron chi connectivity index (χ0n) is 7.30. The molecule has 0 aromatic heterocycles. The van der Waals surface area contributed by atoms with E-state index in [9.17, 15) is 4.79 Å². The van der Waals surface area contributed by atoms with Crippen molar-refractivity contribution in [1.29, 1.82) is 0 Å². The van der Waals surface area contributed by atoms with E-state index >= 15 is 0 Å². The summed E-state index contributed by atoms with van der Waals surface area (Å²) in [5.74, 6) is -0.181. The van der Waals surface area contributed by atoms with Crippen molar-refractivity contribution in [3.63, 3.8) is 0 Å². The molecule has 0 fully saturated rings. The van der Waals surface area contributed by atoms with Gasteiger partial charge in [-0.05, 0) is 24.6 Å². The second kappa shape index (κ2) is 3.66. The van der Waals surface area contributed by atoms with Crippen molar-refractivity contribution in [2.75, 3.05) is 17.3 Å². The van der Waals surface area contributed by atoms with Gasteiger partial charge in [0.2, 0.25) is 0 Å². The van der Waals surface area contributed by atoms with Gasteiger partial charge in [0.1, 0.15) is 0 Å². The van der Waals surface area contributed by atoms with E-state index in [4.69, 9.17) is 23.1 Å². The van der Waals surface area contributed by atoms with Gasteiger partial charge in [-0.2, -0.15) is 0 Å². The zero-order chi connectivity index (χ0) is 10.0. The van der Waals surface area contributed by atoms with Gasteiger partial charge in [0, 0.05) is 5.56 Å². The van der Waals surface area contributed by atoms with E-state index in [1.165, 1.54) is 0 Å². The lowest BCUT2D eigenvalue weighted by Gasteiger charge is -2.06. The minimum atomic E-state index is -0.142. The van der Waals surface area contributed by atoms with Crippen LogP contribution in [0, 0.1) is 6.92 Å². The van der Waals surface area contributed by atoms with Gasteiger partial charge in [-0.1, -0.05) is 0 Å². The van der Waals surface area contributed by atoms with E-state index in [-0.39, 0.29) is 11.7 Å². The van der Waals surface area contributed by atoms with Crippen LogP contribution in [0.4, 0.5) is 11.4 Å². The molecule has 1 aromatic rings. The molecule has 0 aliphatic carbocycles. The summed E-state index contributed by atoms with van der Waals surface area (Å²) in [6.45, 7) is 1.80. The molecule has 0 atom stereocenters. The number of carbonyl (C=O) groups excluding carboxylic acids is 1. The number of alkyl halides is 1. The summed E-state index contributed by atoms with van der Waals surface area (Å²) in [7, 11) is 0. The largest absolute Gasteiger partial charge is 0.397 e. The molecule has 1 aromatic carbocycles. The highest BCUT2D eigenvalue weighted by atomic mass is 35.5. The highest BCUT2D eigenvalue weighted by molar-refractivity contribution is 6.30. The number of rotatable bonds is 2. The molecule has 0 aliphatic heterocycles. The molecule has 0 spiro atoms. The maximum absolute atomic E-state index is 11.2. The molecule has 4 N–H and O–H groups in total. The first-order chi connectivity index (χ1) is 6.06. The molecule has 0 saturated carbocycles. The van der Waals surface area contributed by atoms with Crippen molar-refractivity contribution >= 4 is 28.8 Å². The third-order valence-electron chi connectivity index (χ3n) is 1.86. The first-order valence-electron chi connectivity index (χ1n) is 3.81. The molecule has 3 nitrogen and oxygen atoms in total. The Morgan fingerprint density at radius 2 is 2.08 bits per heavy atom. The summed E-state index contributed by atoms with van der Waals surface area (Å²) < 4.78 is 0. The molecule has 0 amide bonds. The molecule has 70 valence electrons. The highest BCUT2D eigenvalue weighted by Crippen LogP contribution is 2.21. The van der Waals surface area contributed by atoms with Crippen LogP contribution in [-0.4, -0.2) is 11.7 Å². The topological polar surface area (TPSA) is 69.1 Å². The van der Waals surface area contributed by atoms with Crippen LogP contribution < -0.4 is 11.5 Å². The zero-order valence-corrected chi connectivity index (χ0v) is 8.06. The number of Topliss-reactive ketones (excluding diaryl/α,β-unsaturated/α-hetero) is 1. The first-order valence-corrected chi connectivity index (χ1v) is 4.34. The summed E-state index contributed by atoms with van der Waals surface area (Å²) in [6.07, 6.45) is 0. The molecule has 1 rings (SSSR count). The lowest BCUT2D eigenvalue weighted by atomic mass is 10.1. The fourth-order valence-corrected chi connectivity index (χ4v) is 1.22. The fourth-order valence-electron chi connectivity index (χ4n) is 1.06. The van der Waals surface area contributed by atoms with Gasteiger partial charge in [-0.15, -0.1) is 11.6 Å². The average Bonchev–Trinajstić information content (AvgIpc) is 2.12. The number of anilines is 2. The van der Waals surface area contributed by atoms with E-state index in [1.807, 2.05) is 0 Å². The number of nitrogens with two attached hydrogens (primary N) is 2. The quantitative estimate of drug-likeness (QED) is 0.431. The van der Waals surface area contributed by atoms with Gasteiger partial charge in [-0.3, -0.25) is 4.79 Å². The highest BCUT2D eigenvalue weighted by Gasteiger charge is 2.07. The van der Waals surface area contributed by atoms with E-state index in [0.717, 1.165) is 5.56 Å². The van der Waals surface area contributed by atoms with Crippen molar-refractivity contribution in [2.45, 2.75) is 6.92 Å². The van der Waals surface area contributed by atoms with Gasteiger partial charge in [0.05, 0.1) is 17.3 Å². The standard InChI is InChI=1S/C9H11ClN2O/c1-5-2-6(8(13)4-10)3-7(11)9(5)12/h2-3H,4,11-12H2,1H3. The first kappa shape index (κ1) is 9.86. The van der Waals surface area contributed by atoms with Crippen molar-refractivity contribution in [2.24, 2.45) is 0 Å². The number of halogens is 1. The van der Waals surface area contributed by atoms with E-state index in [2.05, 4.69) is 0 Å². The van der Waals surface area contributed by atoms with Gasteiger partial charge in [0.25, 0.3) is 0 Å². The molecule has 0 heterocycles. The molecule has 13 heavy (non-hydrogen) atoms. The third-order valence-corrected chi connectivity index (χ3v) is 2.10. The van der Waals surface area contributed by atoms with Gasteiger partial charge < -0.3 is 11.5 Å². The molecular formula is C9H11ClN2O. The predicted octanol–water partition coefficient (Wildman–Crippen LogP) is 1.58. The normalized spacial score (nSPS) is 10.0. The Hall–Kier alpha value is -1.22. The van der Waals surface area contributed by atoms with Crippen LogP contribution in [0.1, 0.15) is 15.9 Å². The minimum Gasteiger partial charge on any atom is -0.397 e. The number of ketones is 1. The summed E-state index contributed by atoms with van der Waals surface area (Å²) in [5.41, 5.74) is 13.5. The Kier molecular flexibility index (Phi) is 2.78. The van der Waals surface area contributed by atoms with E-state index in [0.29, 0.717) is 16.9 Å². The van der Waals surface area contributed by atoms with Gasteiger partial charge in [-0.25, -0.2) is 0 Å². The molecule has 0 saturated heterocycles. The van der Waals surface area contributed by atoms with Crippen molar-refractivity contribution in [3.8, 4) is 0 Å².